The van der Waals surface area contributed by atoms with Crippen molar-refractivity contribution >= 4 is 23.4 Å². The topological polar surface area (TPSA) is 91.0 Å². The number of amides is 3. The van der Waals surface area contributed by atoms with Crippen molar-refractivity contribution in [3.05, 3.63) is 42.0 Å². The van der Waals surface area contributed by atoms with Gasteiger partial charge >= 0.3 is 0 Å². The van der Waals surface area contributed by atoms with E-state index in [0.717, 1.165) is 38.8 Å². The maximum atomic E-state index is 14.4. The first-order valence-electron chi connectivity index (χ1n) is 17.3. The lowest BCUT2D eigenvalue weighted by molar-refractivity contribution is -0.142. The molecule has 4 aliphatic heterocycles. The van der Waals surface area contributed by atoms with Crippen LogP contribution in [0.15, 0.2) is 36.4 Å². The normalized spacial score (nSPS) is 36.6. The van der Waals surface area contributed by atoms with E-state index in [2.05, 4.69) is 50.2 Å². The summed E-state index contributed by atoms with van der Waals surface area (Å²) in [5, 5.41) is 6.44. The first kappa shape index (κ1) is 31.3. The third-order valence-corrected chi connectivity index (χ3v) is 11.7. The van der Waals surface area contributed by atoms with Crippen LogP contribution in [0, 0.1) is 23.7 Å². The number of hydrogen-bond donors (Lipinski definition) is 2. The quantitative estimate of drug-likeness (QED) is 0.383. The molecule has 1 aliphatic carbocycles. The van der Waals surface area contributed by atoms with E-state index in [-0.39, 0.29) is 23.8 Å². The molecule has 240 valence electrons. The summed E-state index contributed by atoms with van der Waals surface area (Å²) in [7, 11) is 0. The number of piperidine rings is 1. The molecule has 3 amide bonds. The lowest BCUT2D eigenvalue weighted by Gasteiger charge is -2.39. The highest BCUT2D eigenvalue weighted by molar-refractivity contribution is 6.02. The zero-order valence-corrected chi connectivity index (χ0v) is 27.3. The average Bonchev–Trinajstić information content (AvgIpc) is 3.66. The summed E-state index contributed by atoms with van der Waals surface area (Å²) in [5.74, 6) is -0.634. The standard InChI is InChI=1S/C36H52N4O4/c1-6-27-11-7-8-19-39(27)20-21-40-32(34(42)38-28-12-9-10-23(4)24(28)5)36-18-17-29(44-36)30(31(36)35(40)43)33(41)37-26-15-13-25(14-16-26)22(2)3/h13-18,22-24,27-32H,6-12,19-21H2,1-5H3,(H,37,41)(H,38,42). The molecule has 0 aromatic heterocycles. The van der Waals surface area contributed by atoms with Crippen LogP contribution in [0.1, 0.15) is 91.0 Å². The number of nitrogens with zero attached hydrogens (tertiary/aromatic N) is 2. The monoisotopic (exact) mass is 604 g/mol. The Morgan fingerprint density at radius 3 is 2.52 bits per heavy atom. The predicted octanol–water partition coefficient (Wildman–Crippen LogP) is 5.10. The summed E-state index contributed by atoms with van der Waals surface area (Å²) in [5.41, 5.74) is 0.766. The van der Waals surface area contributed by atoms with Crippen molar-refractivity contribution in [2.75, 3.05) is 25.0 Å². The number of fused-ring (bicyclic) bond motifs is 1. The van der Waals surface area contributed by atoms with Crippen LogP contribution >= 0.6 is 0 Å². The van der Waals surface area contributed by atoms with Gasteiger partial charge in [-0.1, -0.05) is 78.2 Å². The first-order chi connectivity index (χ1) is 21.1. The maximum absolute atomic E-state index is 14.4. The minimum Gasteiger partial charge on any atom is -0.359 e. The Morgan fingerprint density at radius 2 is 1.80 bits per heavy atom. The molecule has 5 aliphatic rings. The third kappa shape index (κ3) is 5.51. The lowest BCUT2D eigenvalue weighted by atomic mass is 9.73. The molecule has 1 saturated carbocycles. The van der Waals surface area contributed by atoms with Crippen molar-refractivity contribution in [2.24, 2.45) is 23.7 Å². The van der Waals surface area contributed by atoms with Gasteiger partial charge in [0.05, 0.1) is 17.9 Å². The van der Waals surface area contributed by atoms with Crippen LogP contribution < -0.4 is 10.6 Å². The number of benzene rings is 1. The molecule has 4 fully saturated rings. The maximum Gasteiger partial charge on any atom is 0.246 e. The predicted molar refractivity (Wildman–Crippen MR) is 172 cm³/mol. The van der Waals surface area contributed by atoms with Gasteiger partial charge in [-0.2, -0.15) is 0 Å². The number of rotatable bonds is 9. The highest BCUT2D eigenvalue weighted by Crippen LogP contribution is 2.55. The number of hydrogen-bond acceptors (Lipinski definition) is 5. The zero-order valence-electron chi connectivity index (χ0n) is 27.3. The van der Waals surface area contributed by atoms with Gasteiger partial charge in [0.25, 0.3) is 0 Å². The Balaban J connectivity index is 1.26. The minimum atomic E-state index is -1.13. The van der Waals surface area contributed by atoms with Crippen LogP contribution in [0.5, 0.6) is 0 Å². The fourth-order valence-corrected chi connectivity index (χ4v) is 8.79. The van der Waals surface area contributed by atoms with E-state index < -0.39 is 29.6 Å². The van der Waals surface area contributed by atoms with Crippen molar-refractivity contribution in [3.63, 3.8) is 0 Å². The number of likely N-dealkylation sites (tertiary alicyclic amines) is 2. The number of ether oxygens (including phenoxy) is 1. The Hall–Kier alpha value is -2.71. The van der Waals surface area contributed by atoms with Crippen molar-refractivity contribution in [2.45, 2.75) is 115 Å². The second-order valence-electron chi connectivity index (χ2n) is 14.5. The minimum absolute atomic E-state index is 0.0701. The van der Waals surface area contributed by atoms with E-state index in [0.29, 0.717) is 36.0 Å². The molecule has 9 unspecified atom stereocenters. The van der Waals surface area contributed by atoms with Crippen molar-refractivity contribution in [3.8, 4) is 0 Å². The highest BCUT2D eigenvalue weighted by atomic mass is 16.5. The molecule has 2 N–H and O–H groups in total. The SMILES string of the molecule is CCC1CCCCN1CCN1C(=O)C2C(C(=O)Nc3ccc(C(C)C)cc3)C3C=CC2(O3)C1C(=O)NC1CCCC(C)C1C. The van der Waals surface area contributed by atoms with E-state index in [9.17, 15) is 14.4 Å². The summed E-state index contributed by atoms with van der Waals surface area (Å²) in [6, 6.07) is 7.67. The van der Waals surface area contributed by atoms with Gasteiger partial charge in [-0.05, 0) is 67.7 Å². The second kappa shape index (κ2) is 12.6. The van der Waals surface area contributed by atoms with E-state index >= 15 is 0 Å². The Labute approximate surface area is 263 Å². The fraction of sp³-hybridized carbons (Fsp3) is 0.694. The zero-order chi connectivity index (χ0) is 31.2. The van der Waals surface area contributed by atoms with Crippen LogP contribution in [-0.2, 0) is 19.1 Å². The number of nitrogens with one attached hydrogen (secondary N) is 2. The van der Waals surface area contributed by atoms with Crippen molar-refractivity contribution in [1.29, 1.82) is 0 Å². The van der Waals surface area contributed by atoms with Gasteiger partial charge < -0.3 is 20.3 Å². The van der Waals surface area contributed by atoms with Gasteiger partial charge in [0, 0.05) is 30.9 Å². The van der Waals surface area contributed by atoms with Gasteiger partial charge in [0.15, 0.2) is 0 Å². The Kier molecular flexibility index (Phi) is 8.95. The molecule has 8 heteroatoms. The Morgan fingerprint density at radius 1 is 1.02 bits per heavy atom. The number of carbonyl (C=O) groups is 3. The largest absolute Gasteiger partial charge is 0.359 e. The van der Waals surface area contributed by atoms with Crippen molar-refractivity contribution in [1.82, 2.24) is 15.1 Å². The van der Waals surface area contributed by atoms with Gasteiger partial charge in [-0.15, -0.1) is 0 Å². The fourth-order valence-electron chi connectivity index (χ4n) is 8.79. The van der Waals surface area contributed by atoms with Crippen LogP contribution in [-0.4, -0.2) is 77.0 Å². The molecular formula is C36H52N4O4. The van der Waals surface area contributed by atoms with E-state index in [1.807, 2.05) is 36.4 Å². The van der Waals surface area contributed by atoms with Gasteiger partial charge in [-0.3, -0.25) is 19.3 Å². The summed E-state index contributed by atoms with van der Waals surface area (Å²) in [4.78, 5) is 46.9. The molecule has 8 nitrogen and oxygen atoms in total. The van der Waals surface area contributed by atoms with Crippen LogP contribution in [0.3, 0.4) is 0 Å². The second-order valence-corrected chi connectivity index (χ2v) is 14.5. The third-order valence-electron chi connectivity index (χ3n) is 11.7. The van der Waals surface area contributed by atoms with E-state index in [1.165, 1.54) is 24.8 Å². The molecule has 2 bridgehead atoms. The van der Waals surface area contributed by atoms with Gasteiger partial charge in [-0.25, -0.2) is 0 Å². The highest BCUT2D eigenvalue weighted by Gasteiger charge is 2.72. The lowest BCUT2D eigenvalue weighted by Crippen LogP contribution is -2.58. The smallest absolute Gasteiger partial charge is 0.246 e. The number of anilines is 1. The summed E-state index contributed by atoms with van der Waals surface area (Å²) < 4.78 is 6.60. The van der Waals surface area contributed by atoms with Gasteiger partial charge in [0.1, 0.15) is 11.6 Å². The molecule has 1 aromatic carbocycles. The Bertz CT molecular complexity index is 1260. The van der Waals surface area contributed by atoms with E-state index in [1.54, 1.807) is 4.90 Å². The molecule has 1 spiro atoms. The van der Waals surface area contributed by atoms with Gasteiger partial charge in [0.2, 0.25) is 17.7 Å². The van der Waals surface area contributed by atoms with Crippen molar-refractivity contribution < 1.29 is 19.1 Å². The average molecular weight is 605 g/mol. The molecule has 9 atom stereocenters. The molecule has 6 rings (SSSR count). The summed E-state index contributed by atoms with van der Waals surface area (Å²) >= 11 is 0. The summed E-state index contributed by atoms with van der Waals surface area (Å²) in [6.07, 6.45) is 11.2. The molecule has 0 radical (unpaired) electrons. The molecular weight excluding hydrogens is 552 g/mol. The van der Waals surface area contributed by atoms with Crippen LogP contribution in [0.25, 0.3) is 0 Å². The van der Waals surface area contributed by atoms with E-state index in [4.69, 9.17) is 4.74 Å². The molecule has 1 aromatic rings. The molecule has 44 heavy (non-hydrogen) atoms. The molecule has 3 saturated heterocycles. The molecule has 4 heterocycles. The van der Waals surface area contributed by atoms with Crippen LogP contribution in [0.4, 0.5) is 5.69 Å². The number of carbonyl (C=O) groups excluding carboxylic acids is 3. The summed E-state index contributed by atoms with van der Waals surface area (Å²) in [6.45, 7) is 13.2. The first-order valence-corrected chi connectivity index (χ1v) is 17.3. The van der Waals surface area contributed by atoms with Crippen LogP contribution in [0.2, 0.25) is 0 Å².